The zero-order chi connectivity index (χ0) is 26.6. The molecule has 2 aromatic heterocycles. The number of ether oxygens (including phenoxy) is 1. The molecule has 0 amide bonds. The van der Waals surface area contributed by atoms with E-state index < -0.39 is 11.9 Å². The summed E-state index contributed by atoms with van der Waals surface area (Å²) < 4.78 is 13.4. The second-order valence-electron chi connectivity index (χ2n) is 10.1. The van der Waals surface area contributed by atoms with E-state index in [2.05, 4.69) is 13.8 Å². The molecule has 6 rings (SSSR count). The monoisotopic (exact) mass is 507 g/mol. The third-order valence-corrected chi connectivity index (χ3v) is 7.02. The van der Waals surface area contributed by atoms with Gasteiger partial charge in [0.2, 0.25) is 5.43 Å². The predicted octanol–water partition coefficient (Wildman–Crippen LogP) is 5.58. The van der Waals surface area contributed by atoms with Crippen LogP contribution in [0.15, 0.2) is 87.0 Å². The first-order chi connectivity index (χ1) is 18.3. The maximum atomic E-state index is 13.9. The van der Waals surface area contributed by atoms with Gasteiger partial charge in [-0.05, 0) is 53.3 Å². The van der Waals surface area contributed by atoms with Crippen LogP contribution in [0.1, 0.15) is 37.3 Å². The molecule has 0 saturated carbocycles. The highest BCUT2D eigenvalue weighted by molar-refractivity contribution is 5.90. The minimum Gasteiger partial charge on any atom is -0.508 e. The van der Waals surface area contributed by atoms with Crippen molar-refractivity contribution in [2.45, 2.75) is 32.7 Å². The maximum Gasteiger partial charge on any atom is 0.312 e. The van der Waals surface area contributed by atoms with Crippen LogP contribution in [0, 0.1) is 5.92 Å². The molecule has 3 aromatic carbocycles. The van der Waals surface area contributed by atoms with Crippen LogP contribution in [-0.2, 0) is 11.3 Å². The van der Waals surface area contributed by atoms with Gasteiger partial charge in [0, 0.05) is 23.6 Å². The first-order valence-corrected chi connectivity index (χ1v) is 12.5. The topological polar surface area (TPSA) is 98.7 Å². The van der Waals surface area contributed by atoms with Crippen LogP contribution < -0.4 is 15.7 Å². The quantitative estimate of drug-likeness (QED) is 0.252. The molecular weight excluding hydrogens is 482 g/mol. The van der Waals surface area contributed by atoms with Gasteiger partial charge in [0.1, 0.15) is 23.3 Å². The van der Waals surface area contributed by atoms with Crippen molar-refractivity contribution in [1.29, 1.82) is 0 Å². The van der Waals surface area contributed by atoms with E-state index in [1.807, 2.05) is 30.3 Å². The molecule has 0 saturated heterocycles. The van der Waals surface area contributed by atoms with E-state index in [1.54, 1.807) is 28.8 Å². The van der Waals surface area contributed by atoms with Crippen molar-refractivity contribution in [2.75, 3.05) is 0 Å². The third-order valence-electron chi connectivity index (χ3n) is 7.02. The SMILES string of the molecule is CC(C)Cn1c(=O)c(C2CC(=O)Oc3ccc4c(=O)c(-c5ccc(O)cc5)coc4c32)cc2ccccc21. The lowest BCUT2D eigenvalue weighted by molar-refractivity contribution is -0.135. The lowest BCUT2D eigenvalue weighted by atomic mass is 9.85. The Bertz CT molecular complexity index is 1850. The molecule has 1 unspecified atom stereocenters. The molecule has 0 radical (unpaired) electrons. The molecule has 7 heteroatoms. The Balaban J connectivity index is 1.60. The average molecular weight is 508 g/mol. The van der Waals surface area contributed by atoms with E-state index in [-0.39, 0.29) is 40.4 Å². The molecule has 7 nitrogen and oxygen atoms in total. The van der Waals surface area contributed by atoms with Gasteiger partial charge in [0.15, 0.2) is 0 Å². The molecule has 3 heterocycles. The molecule has 1 aliphatic heterocycles. The highest BCUT2D eigenvalue weighted by atomic mass is 16.5. The Kier molecular flexibility index (Phi) is 5.64. The van der Waals surface area contributed by atoms with Crippen LogP contribution in [0.25, 0.3) is 33.0 Å². The van der Waals surface area contributed by atoms with E-state index in [9.17, 15) is 19.5 Å². The summed E-state index contributed by atoms with van der Waals surface area (Å²) in [6.45, 7) is 4.63. The minimum atomic E-state index is -0.645. The highest BCUT2D eigenvalue weighted by Crippen LogP contribution is 2.42. The van der Waals surface area contributed by atoms with Crippen molar-refractivity contribution in [3.05, 3.63) is 105 Å². The van der Waals surface area contributed by atoms with Crippen LogP contribution in [0.5, 0.6) is 11.5 Å². The number of esters is 1. The standard InChI is InChI=1S/C31H25NO6/c1-17(2)15-32-25-6-4-3-5-19(25)13-23(31(32)36)22-14-27(34)38-26-12-11-21-29(35)24(16-37-30(21)28(22)26)18-7-9-20(33)10-8-18/h3-13,16-17,22,33H,14-15H2,1-2H3. The number of aromatic nitrogens is 1. The Labute approximate surface area is 217 Å². The molecule has 0 spiro atoms. The molecule has 0 fully saturated rings. The molecule has 1 N–H and O–H groups in total. The van der Waals surface area contributed by atoms with Crippen molar-refractivity contribution in [3.8, 4) is 22.6 Å². The van der Waals surface area contributed by atoms with Gasteiger partial charge in [0.25, 0.3) is 5.56 Å². The van der Waals surface area contributed by atoms with Gasteiger partial charge in [0.05, 0.1) is 22.9 Å². The Morgan fingerprint density at radius 1 is 1.00 bits per heavy atom. The fourth-order valence-electron chi connectivity index (χ4n) is 5.31. The first-order valence-electron chi connectivity index (χ1n) is 12.5. The molecule has 5 aromatic rings. The van der Waals surface area contributed by atoms with E-state index >= 15 is 0 Å². The van der Waals surface area contributed by atoms with Gasteiger partial charge in [-0.15, -0.1) is 0 Å². The number of aromatic hydroxyl groups is 1. The molecular formula is C31H25NO6. The number of rotatable bonds is 4. The number of benzene rings is 3. The fourth-order valence-corrected chi connectivity index (χ4v) is 5.31. The number of pyridine rings is 1. The summed E-state index contributed by atoms with van der Waals surface area (Å²) in [5.74, 6) is -0.494. The molecule has 1 atom stereocenters. The van der Waals surface area contributed by atoms with Crippen LogP contribution in [0.2, 0.25) is 0 Å². The van der Waals surface area contributed by atoms with Crippen molar-refractivity contribution >= 4 is 27.8 Å². The van der Waals surface area contributed by atoms with Crippen LogP contribution >= 0.6 is 0 Å². The third kappa shape index (κ3) is 3.87. The number of hydrogen-bond donors (Lipinski definition) is 1. The lowest BCUT2D eigenvalue weighted by Crippen LogP contribution is -2.31. The number of carbonyl (C=O) groups excluding carboxylic acids is 1. The number of fused-ring (bicyclic) bond motifs is 4. The molecule has 190 valence electrons. The molecule has 0 bridgehead atoms. The van der Waals surface area contributed by atoms with E-state index in [1.165, 1.54) is 18.4 Å². The Hall–Kier alpha value is -4.65. The lowest BCUT2D eigenvalue weighted by Gasteiger charge is -2.26. The maximum absolute atomic E-state index is 13.9. The summed E-state index contributed by atoms with van der Waals surface area (Å²) in [6, 6.07) is 19.0. The zero-order valence-electron chi connectivity index (χ0n) is 20.9. The summed E-state index contributed by atoms with van der Waals surface area (Å²) >= 11 is 0. The number of para-hydroxylation sites is 1. The van der Waals surface area contributed by atoms with E-state index in [4.69, 9.17) is 9.15 Å². The second-order valence-corrected chi connectivity index (χ2v) is 10.1. The Morgan fingerprint density at radius 3 is 2.53 bits per heavy atom. The molecule has 0 aliphatic carbocycles. The first kappa shape index (κ1) is 23.7. The zero-order valence-corrected chi connectivity index (χ0v) is 20.9. The van der Waals surface area contributed by atoms with Crippen LogP contribution in [0.4, 0.5) is 0 Å². The van der Waals surface area contributed by atoms with Gasteiger partial charge in [-0.2, -0.15) is 0 Å². The van der Waals surface area contributed by atoms with Crippen LogP contribution in [0.3, 0.4) is 0 Å². The van der Waals surface area contributed by atoms with Crippen molar-refractivity contribution in [2.24, 2.45) is 5.92 Å². The average Bonchev–Trinajstić information content (AvgIpc) is 2.90. The number of carbonyl (C=O) groups is 1. The normalized spacial score (nSPS) is 15.1. The number of hydrogen-bond acceptors (Lipinski definition) is 6. The van der Waals surface area contributed by atoms with E-state index in [0.717, 1.165) is 10.9 Å². The fraction of sp³-hybridized carbons (Fsp3) is 0.194. The minimum absolute atomic E-state index is 0.0508. The summed E-state index contributed by atoms with van der Waals surface area (Å²) in [6.07, 6.45) is 1.33. The summed E-state index contributed by atoms with van der Waals surface area (Å²) in [7, 11) is 0. The van der Waals surface area contributed by atoms with Crippen LogP contribution in [-0.4, -0.2) is 15.6 Å². The summed E-state index contributed by atoms with van der Waals surface area (Å²) in [4.78, 5) is 40.1. The van der Waals surface area contributed by atoms with Gasteiger partial charge < -0.3 is 18.8 Å². The highest BCUT2D eigenvalue weighted by Gasteiger charge is 2.34. The van der Waals surface area contributed by atoms with Gasteiger partial charge >= 0.3 is 5.97 Å². The van der Waals surface area contributed by atoms with Gasteiger partial charge in [-0.1, -0.05) is 44.2 Å². The number of nitrogens with zero attached hydrogens (tertiary/aromatic N) is 1. The summed E-state index contributed by atoms with van der Waals surface area (Å²) in [5, 5.41) is 10.8. The summed E-state index contributed by atoms with van der Waals surface area (Å²) in [5.41, 5.74) is 2.60. The number of phenolic OH excluding ortho intramolecular Hbond substituents is 1. The van der Waals surface area contributed by atoms with Crippen molar-refractivity contribution in [1.82, 2.24) is 4.57 Å². The molecule has 1 aliphatic rings. The van der Waals surface area contributed by atoms with Gasteiger partial charge in [-0.3, -0.25) is 14.4 Å². The largest absolute Gasteiger partial charge is 0.508 e. The van der Waals surface area contributed by atoms with Crippen molar-refractivity contribution in [3.63, 3.8) is 0 Å². The van der Waals surface area contributed by atoms with E-state index in [0.29, 0.717) is 34.2 Å². The smallest absolute Gasteiger partial charge is 0.312 e. The van der Waals surface area contributed by atoms with Crippen molar-refractivity contribution < 1.29 is 19.1 Å². The number of phenols is 1. The molecule has 38 heavy (non-hydrogen) atoms. The van der Waals surface area contributed by atoms with Gasteiger partial charge in [-0.25, -0.2) is 0 Å². The predicted molar refractivity (Wildman–Crippen MR) is 145 cm³/mol. The second kappa shape index (κ2) is 9.03. The Morgan fingerprint density at radius 2 is 1.76 bits per heavy atom.